The zero-order valence-electron chi connectivity index (χ0n) is 10.5. The van der Waals surface area contributed by atoms with Crippen LogP contribution < -0.4 is 16.8 Å². The van der Waals surface area contributed by atoms with Crippen molar-refractivity contribution in [2.24, 2.45) is 21.5 Å². The van der Waals surface area contributed by atoms with Gasteiger partial charge in [-0.05, 0) is 0 Å². The highest BCUT2D eigenvalue weighted by Gasteiger charge is 2.02. The summed E-state index contributed by atoms with van der Waals surface area (Å²) in [6, 6.07) is 0. The van der Waals surface area contributed by atoms with E-state index in [4.69, 9.17) is 16.7 Å². The lowest BCUT2D eigenvalue weighted by molar-refractivity contribution is 1.12. The molecule has 0 atom stereocenters. The average Bonchev–Trinajstić information content (AvgIpc) is 2.80. The largest absolute Gasteiger partial charge is 0.370 e. The highest BCUT2D eigenvalue weighted by Crippen LogP contribution is 2.21. The average molecular weight is 297 g/mol. The fraction of sp³-hybridized carbons (Fsp3) is 0.400. The van der Waals surface area contributed by atoms with Gasteiger partial charge in [-0.3, -0.25) is 10.3 Å². The van der Waals surface area contributed by atoms with Crippen molar-refractivity contribution in [2.45, 2.75) is 12.2 Å². The number of guanidine groups is 1. The topological polar surface area (TPSA) is 125 Å². The van der Waals surface area contributed by atoms with E-state index < -0.39 is 0 Å². The molecule has 0 saturated carbocycles. The number of thiazole rings is 1. The Labute approximate surface area is 119 Å². The number of thioether (sulfide) groups is 1. The second kappa shape index (κ2) is 8.34. The summed E-state index contributed by atoms with van der Waals surface area (Å²) in [5.74, 6) is 2.34. The van der Waals surface area contributed by atoms with Crippen LogP contribution in [0, 0.1) is 11.5 Å². The van der Waals surface area contributed by atoms with E-state index in [0.717, 1.165) is 23.6 Å². The first-order valence-electron chi connectivity index (χ1n) is 5.38. The minimum Gasteiger partial charge on any atom is -0.370 e. The molecule has 0 bridgehead atoms. The summed E-state index contributed by atoms with van der Waals surface area (Å²) in [5, 5.41) is 13.5. The molecule has 0 spiro atoms. The van der Waals surface area contributed by atoms with Gasteiger partial charge in [-0.1, -0.05) is 0 Å². The third kappa shape index (κ3) is 6.08. The van der Waals surface area contributed by atoms with E-state index in [1.165, 1.54) is 11.3 Å². The molecule has 1 heterocycles. The molecule has 0 unspecified atom stereocenters. The highest BCUT2D eigenvalue weighted by atomic mass is 32.2. The molecule has 9 heteroatoms. The van der Waals surface area contributed by atoms with Crippen LogP contribution in [0.3, 0.4) is 0 Å². The van der Waals surface area contributed by atoms with Gasteiger partial charge in [0.1, 0.15) is 5.84 Å². The Kier molecular flexibility index (Phi) is 6.70. The molecule has 0 amide bonds. The predicted octanol–water partition coefficient (Wildman–Crippen LogP) is 0.770. The Morgan fingerprint density at radius 1 is 1.63 bits per heavy atom. The molecule has 1 aromatic rings. The number of nitrogens with zero attached hydrogens (tertiary/aromatic N) is 4. The lowest BCUT2D eigenvalue weighted by Gasteiger charge is -2.01. The van der Waals surface area contributed by atoms with Crippen molar-refractivity contribution in [1.82, 2.24) is 10.3 Å². The predicted molar refractivity (Wildman–Crippen MR) is 80.5 cm³/mol. The van der Waals surface area contributed by atoms with E-state index in [2.05, 4.69) is 20.3 Å². The molecule has 0 aliphatic carbocycles. The van der Waals surface area contributed by atoms with Gasteiger partial charge in [-0.25, -0.2) is 4.98 Å². The lowest BCUT2D eigenvalue weighted by Crippen LogP contribution is -2.21. The van der Waals surface area contributed by atoms with Crippen molar-refractivity contribution in [3.8, 4) is 6.19 Å². The van der Waals surface area contributed by atoms with Crippen LogP contribution in [0.15, 0.2) is 15.4 Å². The van der Waals surface area contributed by atoms with E-state index in [-0.39, 0.29) is 5.96 Å². The van der Waals surface area contributed by atoms with Crippen LogP contribution >= 0.6 is 23.1 Å². The molecule has 7 nitrogen and oxygen atoms in total. The number of aromatic nitrogens is 1. The summed E-state index contributed by atoms with van der Waals surface area (Å²) in [7, 11) is 1.66. The van der Waals surface area contributed by atoms with Gasteiger partial charge in [-0.15, -0.1) is 11.3 Å². The zero-order valence-corrected chi connectivity index (χ0v) is 12.1. The van der Waals surface area contributed by atoms with Crippen molar-refractivity contribution in [2.75, 3.05) is 12.8 Å². The molecular weight excluding hydrogens is 282 g/mol. The van der Waals surface area contributed by atoms with Crippen LogP contribution in [0.25, 0.3) is 0 Å². The quantitative estimate of drug-likeness (QED) is 0.234. The third-order valence-corrected chi connectivity index (χ3v) is 3.74. The fourth-order valence-corrected chi connectivity index (χ4v) is 2.81. The van der Waals surface area contributed by atoms with Gasteiger partial charge < -0.3 is 11.5 Å². The summed E-state index contributed by atoms with van der Waals surface area (Å²) < 4.78 is 0. The first-order chi connectivity index (χ1) is 9.15. The second-order valence-corrected chi connectivity index (χ2v) is 5.31. The molecule has 1 rings (SSSR count). The van der Waals surface area contributed by atoms with Gasteiger partial charge in [0.25, 0.3) is 0 Å². The van der Waals surface area contributed by atoms with Crippen LogP contribution in [-0.2, 0) is 5.75 Å². The summed E-state index contributed by atoms with van der Waals surface area (Å²) in [6.45, 7) is 0. The molecule has 0 aromatic carbocycles. The number of amidine groups is 1. The van der Waals surface area contributed by atoms with Crippen LogP contribution in [0.1, 0.15) is 12.1 Å². The van der Waals surface area contributed by atoms with E-state index in [1.807, 2.05) is 11.6 Å². The second-order valence-electron chi connectivity index (χ2n) is 3.37. The Balaban J connectivity index is 2.32. The molecule has 102 valence electrons. The maximum atomic E-state index is 8.49. The van der Waals surface area contributed by atoms with Crippen molar-refractivity contribution in [3.05, 3.63) is 11.1 Å². The minimum absolute atomic E-state index is 0.0138. The van der Waals surface area contributed by atoms with E-state index in [9.17, 15) is 0 Å². The number of nitrogens with one attached hydrogen (secondary N) is 1. The summed E-state index contributed by atoms with van der Waals surface area (Å²) >= 11 is 3.11. The van der Waals surface area contributed by atoms with E-state index in [1.54, 1.807) is 18.8 Å². The minimum atomic E-state index is 0.0138. The van der Waals surface area contributed by atoms with Gasteiger partial charge in [-0.2, -0.15) is 22.0 Å². The fourth-order valence-electron chi connectivity index (χ4n) is 1.16. The molecule has 19 heavy (non-hydrogen) atoms. The van der Waals surface area contributed by atoms with Crippen molar-refractivity contribution >= 4 is 40.0 Å². The first-order valence-corrected chi connectivity index (χ1v) is 7.41. The SMILES string of the molecule is CN=C(CCSCc1csc(N=C(N)N)n1)NC#N. The number of hydrogen-bond donors (Lipinski definition) is 3. The van der Waals surface area contributed by atoms with E-state index >= 15 is 0 Å². The Morgan fingerprint density at radius 2 is 2.42 bits per heavy atom. The maximum Gasteiger partial charge on any atom is 0.212 e. The summed E-state index contributed by atoms with van der Waals surface area (Å²) in [5.41, 5.74) is 11.5. The standard InChI is InChI=1S/C10H15N7S2/c1-14-8(15-6-11)2-3-18-4-7-5-19-10(16-7)17-9(12)13/h5H,2-4H2,1H3,(H,14,15)(H4,12,13,16,17). The van der Waals surface area contributed by atoms with Crippen molar-refractivity contribution < 1.29 is 0 Å². The van der Waals surface area contributed by atoms with Gasteiger partial charge in [0.15, 0.2) is 12.2 Å². The first kappa shape index (κ1) is 15.3. The molecule has 0 saturated heterocycles. The Hall–Kier alpha value is -1.79. The highest BCUT2D eigenvalue weighted by molar-refractivity contribution is 7.98. The number of rotatable bonds is 6. The summed E-state index contributed by atoms with van der Waals surface area (Å²) in [4.78, 5) is 12.1. The Morgan fingerprint density at radius 3 is 3.05 bits per heavy atom. The van der Waals surface area contributed by atoms with Gasteiger partial charge in [0, 0.05) is 30.4 Å². The molecule has 0 radical (unpaired) electrons. The van der Waals surface area contributed by atoms with Gasteiger partial charge in [0.05, 0.1) is 5.69 Å². The number of aliphatic imine (C=N–C) groups is 2. The lowest BCUT2D eigenvalue weighted by atomic mass is 10.4. The molecule has 0 aliphatic rings. The molecule has 5 N–H and O–H groups in total. The monoisotopic (exact) mass is 297 g/mol. The van der Waals surface area contributed by atoms with Crippen molar-refractivity contribution in [3.63, 3.8) is 0 Å². The zero-order chi connectivity index (χ0) is 14.1. The molecular formula is C10H15N7S2. The number of nitrogens with two attached hydrogens (primary N) is 2. The number of nitriles is 1. The molecule has 1 aromatic heterocycles. The smallest absolute Gasteiger partial charge is 0.212 e. The molecule has 0 aliphatic heterocycles. The normalized spacial score (nSPS) is 10.8. The van der Waals surface area contributed by atoms with Crippen LogP contribution in [0.4, 0.5) is 5.13 Å². The van der Waals surface area contributed by atoms with E-state index in [0.29, 0.717) is 11.0 Å². The van der Waals surface area contributed by atoms with Crippen LogP contribution in [-0.4, -0.2) is 29.6 Å². The third-order valence-electron chi connectivity index (χ3n) is 1.97. The molecule has 0 fully saturated rings. The van der Waals surface area contributed by atoms with Gasteiger partial charge in [0.2, 0.25) is 5.13 Å². The Bertz CT molecular complexity index is 496. The maximum absolute atomic E-state index is 8.49. The summed E-state index contributed by atoms with van der Waals surface area (Å²) in [6.07, 6.45) is 2.58. The van der Waals surface area contributed by atoms with Crippen LogP contribution in [0.5, 0.6) is 0 Å². The number of hydrogen-bond acceptors (Lipinski definition) is 6. The van der Waals surface area contributed by atoms with Crippen molar-refractivity contribution in [1.29, 1.82) is 5.26 Å². The van der Waals surface area contributed by atoms with Gasteiger partial charge >= 0.3 is 0 Å². The van der Waals surface area contributed by atoms with Crippen LogP contribution in [0.2, 0.25) is 0 Å².